The van der Waals surface area contributed by atoms with Crippen LogP contribution < -0.4 is 10.6 Å². The Labute approximate surface area is 122 Å². The summed E-state index contributed by atoms with van der Waals surface area (Å²) >= 11 is 5.88. The number of aromatic nitrogens is 1. The van der Waals surface area contributed by atoms with Crippen LogP contribution in [0.3, 0.4) is 0 Å². The zero-order chi connectivity index (χ0) is 14.7. The van der Waals surface area contributed by atoms with Crippen LogP contribution in [0.1, 0.15) is 30.0 Å². The van der Waals surface area contributed by atoms with Crippen LogP contribution >= 0.6 is 11.6 Å². The van der Waals surface area contributed by atoms with Crippen LogP contribution in [0.25, 0.3) is 0 Å². The van der Waals surface area contributed by atoms with Gasteiger partial charge in [-0.1, -0.05) is 11.6 Å². The molecule has 0 spiro atoms. The number of pyridine rings is 1. The molecular weight excluding hydrogens is 278 g/mol. The molecule has 5 nitrogen and oxygen atoms in total. The van der Waals surface area contributed by atoms with Gasteiger partial charge in [0.2, 0.25) is 0 Å². The molecule has 0 saturated carbocycles. The lowest BCUT2D eigenvalue weighted by atomic mass is 10.1. The number of amides is 2. The van der Waals surface area contributed by atoms with Crippen molar-refractivity contribution in [2.45, 2.75) is 26.8 Å². The molecular formula is C14H16ClN3O2. The third-order valence-electron chi connectivity index (χ3n) is 2.90. The standard InChI is InChI=1S/C14H16ClN3O2/c1-8-7-11(10(3)20-8)9(2)17-14(19)18-12-5-4-6-16-13(12)15/h4-7,9H,1-3H3,(H2,17,18,19)/t9-/m0/s1. The summed E-state index contributed by atoms with van der Waals surface area (Å²) in [5, 5.41) is 5.75. The van der Waals surface area contributed by atoms with Gasteiger partial charge in [-0.15, -0.1) is 0 Å². The minimum absolute atomic E-state index is 0.164. The Morgan fingerprint density at radius 2 is 2.20 bits per heavy atom. The topological polar surface area (TPSA) is 67.2 Å². The molecule has 0 saturated heterocycles. The van der Waals surface area contributed by atoms with Gasteiger partial charge < -0.3 is 15.1 Å². The Bertz CT molecular complexity index is 625. The summed E-state index contributed by atoms with van der Waals surface area (Å²) in [6, 6.07) is 4.80. The highest BCUT2D eigenvalue weighted by Crippen LogP contribution is 2.22. The van der Waals surface area contributed by atoms with Gasteiger partial charge in [-0.3, -0.25) is 0 Å². The number of furan rings is 1. The van der Waals surface area contributed by atoms with Gasteiger partial charge in [0.05, 0.1) is 11.7 Å². The van der Waals surface area contributed by atoms with E-state index < -0.39 is 0 Å². The smallest absolute Gasteiger partial charge is 0.319 e. The molecule has 0 aliphatic rings. The largest absolute Gasteiger partial charge is 0.466 e. The molecule has 0 radical (unpaired) electrons. The minimum Gasteiger partial charge on any atom is -0.466 e. The van der Waals surface area contributed by atoms with Gasteiger partial charge in [0, 0.05) is 11.8 Å². The van der Waals surface area contributed by atoms with Gasteiger partial charge in [0.15, 0.2) is 5.15 Å². The summed E-state index contributed by atoms with van der Waals surface area (Å²) in [4.78, 5) is 15.8. The van der Waals surface area contributed by atoms with Crippen molar-refractivity contribution in [3.05, 3.63) is 46.6 Å². The number of nitrogens with one attached hydrogen (secondary N) is 2. The molecule has 0 aliphatic heterocycles. The van der Waals surface area contributed by atoms with Crippen molar-refractivity contribution in [2.24, 2.45) is 0 Å². The van der Waals surface area contributed by atoms with Crippen LogP contribution in [0.5, 0.6) is 0 Å². The summed E-state index contributed by atoms with van der Waals surface area (Å²) in [6.45, 7) is 5.64. The van der Waals surface area contributed by atoms with Gasteiger partial charge >= 0.3 is 6.03 Å². The first-order chi connectivity index (χ1) is 9.47. The predicted molar refractivity (Wildman–Crippen MR) is 78.0 cm³/mol. The highest BCUT2D eigenvalue weighted by molar-refractivity contribution is 6.32. The van der Waals surface area contributed by atoms with Crippen LogP contribution in [0, 0.1) is 13.8 Å². The molecule has 2 N–H and O–H groups in total. The highest BCUT2D eigenvalue weighted by atomic mass is 35.5. The molecule has 20 heavy (non-hydrogen) atoms. The van der Waals surface area contributed by atoms with E-state index in [-0.39, 0.29) is 17.2 Å². The summed E-state index contributed by atoms with van der Waals surface area (Å²) in [5.74, 6) is 1.62. The number of urea groups is 1. The van der Waals surface area contributed by atoms with Crippen LogP contribution in [-0.4, -0.2) is 11.0 Å². The number of hydrogen-bond donors (Lipinski definition) is 2. The van der Waals surface area contributed by atoms with E-state index in [4.69, 9.17) is 16.0 Å². The van der Waals surface area contributed by atoms with E-state index in [2.05, 4.69) is 15.6 Å². The molecule has 2 rings (SSSR count). The maximum Gasteiger partial charge on any atom is 0.319 e. The summed E-state index contributed by atoms with van der Waals surface area (Å²) in [6.07, 6.45) is 1.56. The molecule has 2 aromatic rings. The average molecular weight is 294 g/mol. The van der Waals surface area contributed by atoms with Crippen molar-refractivity contribution in [3.8, 4) is 0 Å². The number of carbonyl (C=O) groups excluding carboxylic acids is 1. The number of carbonyl (C=O) groups is 1. The van der Waals surface area contributed by atoms with Gasteiger partial charge in [-0.05, 0) is 39.0 Å². The fourth-order valence-corrected chi connectivity index (χ4v) is 2.16. The number of anilines is 1. The van der Waals surface area contributed by atoms with Gasteiger partial charge in [0.1, 0.15) is 11.5 Å². The van der Waals surface area contributed by atoms with Gasteiger partial charge in [-0.25, -0.2) is 9.78 Å². The monoisotopic (exact) mass is 293 g/mol. The lowest BCUT2D eigenvalue weighted by Crippen LogP contribution is -2.31. The quantitative estimate of drug-likeness (QED) is 0.845. The van der Waals surface area contributed by atoms with Crippen LogP contribution in [-0.2, 0) is 0 Å². The molecule has 2 heterocycles. The van der Waals surface area contributed by atoms with Gasteiger partial charge in [0.25, 0.3) is 0 Å². The molecule has 0 bridgehead atoms. The Hall–Kier alpha value is -2.01. The first kappa shape index (κ1) is 14.4. The molecule has 0 unspecified atom stereocenters. The Balaban J connectivity index is 2.01. The zero-order valence-corrected chi connectivity index (χ0v) is 12.3. The molecule has 0 aliphatic carbocycles. The van der Waals surface area contributed by atoms with E-state index in [0.29, 0.717) is 5.69 Å². The molecule has 106 valence electrons. The molecule has 1 atom stereocenters. The second-order valence-electron chi connectivity index (χ2n) is 4.53. The molecule has 0 aromatic carbocycles. The Kier molecular flexibility index (Phi) is 4.29. The van der Waals surface area contributed by atoms with Crippen LogP contribution in [0.2, 0.25) is 5.15 Å². The van der Waals surface area contributed by atoms with E-state index in [9.17, 15) is 4.79 Å². The molecule has 2 amide bonds. The first-order valence-corrected chi connectivity index (χ1v) is 6.60. The van der Waals surface area contributed by atoms with Crippen LogP contribution in [0.4, 0.5) is 10.5 Å². The Morgan fingerprint density at radius 1 is 1.45 bits per heavy atom. The number of nitrogens with zero attached hydrogens (tertiary/aromatic N) is 1. The van der Waals surface area contributed by atoms with E-state index in [0.717, 1.165) is 17.1 Å². The zero-order valence-electron chi connectivity index (χ0n) is 11.5. The van der Waals surface area contributed by atoms with Crippen molar-refractivity contribution in [1.82, 2.24) is 10.3 Å². The van der Waals surface area contributed by atoms with Crippen molar-refractivity contribution >= 4 is 23.3 Å². The third kappa shape index (κ3) is 3.30. The maximum absolute atomic E-state index is 11.9. The van der Waals surface area contributed by atoms with Crippen molar-refractivity contribution in [1.29, 1.82) is 0 Å². The maximum atomic E-state index is 11.9. The average Bonchev–Trinajstić information content (AvgIpc) is 2.71. The van der Waals surface area contributed by atoms with E-state index >= 15 is 0 Å². The summed E-state index contributed by atoms with van der Waals surface area (Å²) < 4.78 is 5.45. The van der Waals surface area contributed by atoms with Crippen molar-refractivity contribution < 1.29 is 9.21 Å². The van der Waals surface area contributed by atoms with Crippen LogP contribution in [0.15, 0.2) is 28.8 Å². The predicted octanol–water partition coefficient (Wildman–Crippen LogP) is 3.83. The molecule has 6 heteroatoms. The normalized spacial score (nSPS) is 12.0. The van der Waals surface area contributed by atoms with Crippen molar-refractivity contribution in [2.75, 3.05) is 5.32 Å². The fourth-order valence-electron chi connectivity index (χ4n) is 1.99. The second kappa shape index (κ2) is 5.96. The number of aryl methyl sites for hydroxylation is 2. The van der Waals surface area contributed by atoms with E-state index in [1.54, 1.807) is 18.3 Å². The number of halogens is 1. The fraction of sp³-hybridized carbons (Fsp3) is 0.286. The number of rotatable bonds is 3. The highest BCUT2D eigenvalue weighted by Gasteiger charge is 2.15. The third-order valence-corrected chi connectivity index (χ3v) is 3.20. The van der Waals surface area contributed by atoms with Crippen molar-refractivity contribution in [3.63, 3.8) is 0 Å². The SMILES string of the molecule is Cc1cc([C@H](C)NC(=O)Nc2cccnc2Cl)c(C)o1. The lowest BCUT2D eigenvalue weighted by molar-refractivity contribution is 0.249. The van der Waals surface area contributed by atoms with Gasteiger partial charge in [-0.2, -0.15) is 0 Å². The first-order valence-electron chi connectivity index (χ1n) is 6.22. The van der Waals surface area contributed by atoms with E-state index in [1.807, 2.05) is 26.8 Å². The second-order valence-corrected chi connectivity index (χ2v) is 4.89. The summed E-state index contributed by atoms with van der Waals surface area (Å²) in [7, 11) is 0. The molecule has 0 fully saturated rings. The minimum atomic E-state index is -0.342. The van der Waals surface area contributed by atoms with E-state index in [1.165, 1.54) is 0 Å². The Morgan fingerprint density at radius 3 is 2.80 bits per heavy atom. The lowest BCUT2D eigenvalue weighted by Gasteiger charge is -2.14. The number of hydrogen-bond acceptors (Lipinski definition) is 3. The summed E-state index contributed by atoms with van der Waals surface area (Å²) in [5.41, 5.74) is 1.42. The molecule has 2 aromatic heterocycles.